The maximum absolute atomic E-state index is 12.9. The SMILES string of the molecule is Cc1cccc(C[C@@]2(CO)CN(C(=O)c3cc(C4CC4)[nH]n3)CCO2)c1. The quantitative estimate of drug-likeness (QED) is 0.860. The molecule has 4 rings (SSSR count). The number of amides is 1. The van der Waals surface area contributed by atoms with Crippen LogP contribution in [0.2, 0.25) is 0 Å². The van der Waals surface area contributed by atoms with Crippen molar-refractivity contribution in [2.45, 2.75) is 37.7 Å². The van der Waals surface area contributed by atoms with Crippen molar-refractivity contribution >= 4 is 5.91 Å². The lowest BCUT2D eigenvalue weighted by atomic mass is 9.92. The first-order valence-electron chi connectivity index (χ1n) is 9.23. The average Bonchev–Trinajstić information content (AvgIpc) is 3.38. The van der Waals surface area contributed by atoms with Crippen LogP contribution in [0.25, 0.3) is 0 Å². The van der Waals surface area contributed by atoms with Crippen molar-refractivity contribution in [2.75, 3.05) is 26.3 Å². The first-order chi connectivity index (χ1) is 12.6. The normalized spacial score (nSPS) is 23.2. The summed E-state index contributed by atoms with van der Waals surface area (Å²) < 4.78 is 5.96. The molecular formula is C20H25N3O3. The van der Waals surface area contributed by atoms with Gasteiger partial charge in [-0.3, -0.25) is 9.89 Å². The Morgan fingerprint density at radius 3 is 3.00 bits per heavy atom. The molecule has 1 amide bonds. The number of H-pyrrole nitrogens is 1. The number of carbonyl (C=O) groups excluding carboxylic acids is 1. The van der Waals surface area contributed by atoms with Crippen molar-refractivity contribution in [3.8, 4) is 0 Å². The number of aliphatic hydroxyl groups excluding tert-OH is 1. The number of aromatic amines is 1. The van der Waals surface area contributed by atoms with Gasteiger partial charge >= 0.3 is 0 Å². The summed E-state index contributed by atoms with van der Waals surface area (Å²) in [7, 11) is 0. The third-order valence-corrected chi connectivity index (χ3v) is 5.27. The van der Waals surface area contributed by atoms with E-state index in [1.165, 1.54) is 5.56 Å². The molecule has 2 N–H and O–H groups in total. The lowest BCUT2D eigenvalue weighted by molar-refractivity contribution is -0.123. The number of carbonyl (C=O) groups is 1. The number of hydrogen-bond donors (Lipinski definition) is 2. The zero-order chi connectivity index (χ0) is 18.1. The van der Waals surface area contributed by atoms with Crippen molar-refractivity contribution in [3.05, 3.63) is 52.8 Å². The van der Waals surface area contributed by atoms with Gasteiger partial charge in [-0.1, -0.05) is 29.8 Å². The summed E-state index contributed by atoms with van der Waals surface area (Å²) in [4.78, 5) is 14.6. The first kappa shape index (κ1) is 17.2. The van der Waals surface area contributed by atoms with Crippen LogP contribution in [-0.4, -0.2) is 58.0 Å². The third-order valence-electron chi connectivity index (χ3n) is 5.27. The number of aryl methyl sites for hydroxylation is 1. The highest BCUT2D eigenvalue weighted by molar-refractivity contribution is 5.92. The van der Waals surface area contributed by atoms with Gasteiger partial charge in [-0.05, 0) is 31.4 Å². The molecule has 1 aliphatic carbocycles. The zero-order valence-electron chi connectivity index (χ0n) is 15.1. The standard InChI is InChI=1S/C20H25N3O3/c1-14-3-2-4-15(9-14)11-20(13-24)12-23(7-8-26-20)19(25)18-10-17(21-22-18)16-5-6-16/h2-4,9-10,16,24H,5-8,11-13H2,1H3,(H,21,22)/t20-/m0/s1. The van der Waals surface area contributed by atoms with Gasteiger partial charge in [0, 0.05) is 24.6 Å². The fraction of sp³-hybridized carbons (Fsp3) is 0.500. The first-order valence-corrected chi connectivity index (χ1v) is 9.23. The van der Waals surface area contributed by atoms with Gasteiger partial charge in [-0.2, -0.15) is 5.10 Å². The van der Waals surface area contributed by atoms with Crippen LogP contribution in [-0.2, 0) is 11.2 Å². The van der Waals surface area contributed by atoms with Crippen LogP contribution in [0.3, 0.4) is 0 Å². The molecule has 0 radical (unpaired) electrons. The predicted octanol–water partition coefficient (Wildman–Crippen LogP) is 2.04. The summed E-state index contributed by atoms with van der Waals surface area (Å²) in [6.07, 6.45) is 2.90. The Morgan fingerprint density at radius 1 is 1.42 bits per heavy atom. The van der Waals surface area contributed by atoms with E-state index in [1.807, 2.05) is 31.2 Å². The van der Waals surface area contributed by atoms with Crippen molar-refractivity contribution in [1.29, 1.82) is 0 Å². The van der Waals surface area contributed by atoms with Crippen molar-refractivity contribution in [2.24, 2.45) is 0 Å². The molecule has 6 heteroatoms. The van der Waals surface area contributed by atoms with Crippen molar-refractivity contribution in [3.63, 3.8) is 0 Å². The Bertz CT molecular complexity index is 799. The van der Waals surface area contributed by atoms with E-state index in [2.05, 4.69) is 16.3 Å². The predicted molar refractivity (Wildman–Crippen MR) is 97.1 cm³/mol. The van der Waals surface area contributed by atoms with Gasteiger partial charge in [0.15, 0.2) is 0 Å². The number of hydrogen-bond acceptors (Lipinski definition) is 4. The number of benzene rings is 1. The molecule has 2 aliphatic rings. The smallest absolute Gasteiger partial charge is 0.274 e. The molecule has 1 saturated carbocycles. The van der Waals surface area contributed by atoms with E-state index in [0.717, 1.165) is 24.1 Å². The highest BCUT2D eigenvalue weighted by Gasteiger charge is 2.39. The maximum Gasteiger partial charge on any atom is 0.274 e. The van der Waals surface area contributed by atoms with E-state index >= 15 is 0 Å². The number of morpholine rings is 1. The fourth-order valence-electron chi connectivity index (χ4n) is 3.68. The molecule has 0 bridgehead atoms. The van der Waals surface area contributed by atoms with Crippen LogP contribution in [0, 0.1) is 6.92 Å². The minimum absolute atomic E-state index is 0.0986. The molecule has 6 nitrogen and oxygen atoms in total. The van der Waals surface area contributed by atoms with Crippen LogP contribution >= 0.6 is 0 Å². The molecule has 2 heterocycles. The fourth-order valence-corrected chi connectivity index (χ4v) is 3.68. The molecule has 1 saturated heterocycles. The Balaban J connectivity index is 1.49. The van der Waals surface area contributed by atoms with Crippen molar-refractivity contribution < 1.29 is 14.6 Å². The molecule has 1 aliphatic heterocycles. The molecule has 1 aromatic carbocycles. The molecule has 138 valence electrons. The largest absolute Gasteiger partial charge is 0.393 e. The van der Waals surface area contributed by atoms with Gasteiger partial charge in [-0.25, -0.2) is 0 Å². The highest BCUT2D eigenvalue weighted by Crippen LogP contribution is 2.39. The lowest BCUT2D eigenvalue weighted by Crippen LogP contribution is -2.56. The van der Waals surface area contributed by atoms with Crippen LogP contribution in [0.1, 0.15) is 46.1 Å². The topological polar surface area (TPSA) is 78.5 Å². The second kappa shape index (κ2) is 6.85. The summed E-state index contributed by atoms with van der Waals surface area (Å²) in [5.41, 5.74) is 3.01. The average molecular weight is 355 g/mol. The van der Waals surface area contributed by atoms with Crippen molar-refractivity contribution in [1.82, 2.24) is 15.1 Å². The van der Waals surface area contributed by atoms with Crippen LogP contribution in [0.15, 0.2) is 30.3 Å². The Labute approximate surface area is 153 Å². The van der Waals surface area contributed by atoms with E-state index in [9.17, 15) is 9.90 Å². The van der Waals surface area contributed by atoms with Crippen LogP contribution in [0.4, 0.5) is 0 Å². The van der Waals surface area contributed by atoms with Gasteiger partial charge in [0.1, 0.15) is 11.3 Å². The Hall–Kier alpha value is -2.18. The molecule has 1 atom stereocenters. The molecular weight excluding hydrogens is 330 g/mol. The minimum atomic E-state index is -0.767. The molecule has 1 aromatic heterocycles. The number of aliphatic hydroxyl groups is 1. The molecule has 2 fully saturated rings. The van der Waals surface area contributed by atoms with Crippen LogP contribution < -0.4 is 0 Å². The Kier molecular flexibility index (Phi) is 4.54. The van der Waals surface area contributed by atoms with Gasteiger partial charge in [0.05, 0.1) is 19.8 Å². The van der Waals surface area contributed by atoms with E-state index in [4.69, 9.17) is 4.74 Å². The van der Waals surface area contributed by atoms with Gasteiger partial charge in [0.25, 0.3) is 5.91 Å². The number of ether oxygens (including phenoxy) is 1. The summed E-state index contributed by atoms with van der Waals surface area (Å²) in [6, 6.07) is 10.0. The number of nitrogens with one attached hydrogen (secondary N) is 1. The van der Waals surface area contributed by atoms with Crippen LogP contribution in [0.5, 0.6) is 0 Å². The monoisotopic (exact) mass is 355 g/mol. The van der Waals surface area contributed by atoms with E-state index in [0.29, 0.717) is 37.7 Å². The van der Waals surface area contributed by atoms with Gasteiger partial charge in [0.2, 0.25) is 0 Å². The molecule has 2 aromatic rings. The molecule has 0 unspecified atom stereocenters. The lowest BCUT2D eigenvalue weighted by Gasteiger charge is -2.41. The number of nitrogens with zero attached hydrogens (tertiary/aromatic N) is 2. The summed E-state index contributed by atoms with van der Waals surface area (Å²) >= 11 is 0. The second-order valence-electron chi connectivity index (χ2n) is 7.56. The van der Waals surface area contributed by atoms with E-state index < -0.39 is 5.60 Å². The number of rotatable bonds is 5. The third kappa shape index (κ3) is 3.52. The van der Waals surface area contributed by atoms with Gasteiger partial charge < -0.3 is 14.7 Å². The second-order valence-corrected chi connectivity index (χ2v) is 7.56. The van der Waals surface area contributed by atoms with E-state index in [1.54, 1.807) is 4.90 Å². The number of aromatic nitrogens is 2. The Morgan fingerprint density at radius 2 is 2.27 bits per heavy atom. The van der Waals surface area contributed by atoms with E-state index in [-0.39, 0.29) is 12.5 Å². The van der Waals surface area contributed by atoms with Gasteiger partial charge in [-0.15, -0.1) is 0 Å². The zero-order valence-corrected chi connectivity index (χ0v) is 15.1. The summed E-state index contributed by atoms with van der Waals surface area (Å²) in [6.45, 7) is 3.21. The molecule has 0 spiro atoms. The summed E-state index contributed by atoms with van der Waals surface area (Å²) in [5, 5.41) is 17.2. The maximum atomic E-state index is 12.9. The summed E-state index contributed by atoms with van der Waals surface area (Å²) in [5.74, 6) is 0.435. The minimum Gasteiger partial charge on any atom is -0.393 e. The highest BCUT2D eigenvalue weighted by atomic mass is 16.5. The molecule has 26 heavy (non-hydrogen) atoms.